The van der Waals surface area contributed by atoms with E-state index in [1.54, 1.807) is 23.5 Å². The molecule has 2 heterocycles. The van der Waals surface area contributed by atoms with Crippen LogP contribution in [0.3, 0.4) is 0 Å². The Morgan fingerprint density at radius 2 is 1.68 bits per heavy atom. The lowest BCUT2D eigenvalue weighted by Gasteiger charge is -2.47. The van der Waals surface area contributed by atoms with Gasteiger partial charge in [-0.15, -0.1) is 0 Å². The van der Waals surface area contributed by atoms with Gasteiger partial charge >= 0.3 is 0 Å². The van der Waals surface area contributed by atoms with E-state index in [2.05, 4.69) is 70.8 Å². The molecule has 0 unspecified atom stereocenters. The molecule has 0 bridgehead atoms. The molecule has 4 rings (SSSR count). The van der Waals surface area contributed by atoms with Crippen LogP contribution in [0.25, 0.3) is 0 Å². The third-order valence-electron chi connectivity index (χ3n) is 5.77. The van der Waals surface area contributed by atoms with E-state index in [0.717, 1.165) is 19.6 Å². The van der Waals surface area contributed by atoms with Crippen molar-refractivity contribution in [2.24, 2.45) is 0 Å². The van der Waals surface area contributed by atoms with Crippen LogP contribution >= 0.6 is 11.3 Å². The van der Waals surface area contributed by atoms with Gasteiger partial charge in [0.2, 0.25) is 0 Å². The maximum Gasteiger partial charge on any atom is 0.123 e. The molecular formula is C24H27FN2S. The second-order valence-corrected chi connectivity index (χ2v) is 8.60. The van der Waals surface area contributed by atoms with Crippen LogP contribution in [0.5, 0.6) is 0 Å². The minimum absolute atomic E-state index is 0.170. The highest BCUT2D eigenvalue weighted by Crippen LogP contribution is 2.34. The Labute approximate surface area is 171 Å². The molecule has 28 heavy (non-hydrogen) atoms. The van der Waals surface area contributed by atoms with Gasteiger partial charge in [0.15, 0.2) is 0 Å². The lowest BCUT2D eigenvalue weighted by molar-refractivity contribution is 0.0196. The van der Waals surface area contributed by atoms with Gasteiger partial charge in [-0.1, -0.05) is 42.5 Å². The first kappa shape index (κ1) is 19.3. The van der Waals surface area contributed by atoms with E-state index in [1.807, 2.05) is 12.1 Å². The third-order valence-corrected chi connectivity index (χ3v) is 6.47. The van der Waals surface area contributed by atoms with Gasteiger partial charge in [0.25, 0.3) is 0 Å². The number of thiophene rings is 1. The van der Waals surface area contributed by atoms with Gasteiger partial charge in [0, 0.05) is 31.7 Å². The molecule has 0 aliphatic carbocycles. The summed E-state index contributed by atoms with van der Waals surface area (Å²) in [5.74, 6) is -0.170. The molecule has 0 N–H and O–H groups in total. The minimum Gasteiger partial charge on any atom is -0.294 e. The molecule has 0 amide bonds. The Morgan fingerprint density at radius 3 is 2.36 bits per heavy atom. The summed E-state index contributed by atoms with van der Waals surface area (Å²) in [6, 6.07) is 21.2. The zero-order valence-corrected chi connectivity index (χ0v) is 17.3. The number of rotatable bonds is 5. The van der Waals surface area contributed by atoms with Crippen molar-refractivity contribution in [1.29, 1.82) is 0 Å². The molecule has 0 saturated carbocycles. The van der Waals surface area contributed by atoms with Crippen LogP contribution < -0.4 is 0 Å². The summed E-state index contributed by atoms with van der Waals surface area (Å²) >= 11 is 1.76. The predicted molar refractivity (Wildman–Crippen MR) is 115 cm³/mol. The molecule has 4 heteroatoms. The maximum atomic E-state index is 13.2. The summed E-state index contributed by atoms with van der Waals surface area (Å²) < 4.78 is 13.2. The second kappa shape index (κ2) is 8.56. The quantitative estimate of drug-likeness (QED) is 0.558. The van der Waals surface area contributed by atoms with E-state index in [-0.39, 0.29) is 11.9 Å². The third kappa shape index (κ3) is 4.19. The zero-order valence-electron chi connectivity index (χ0n) is 16.5. The molecule has 3 aromatic rings. The van der Waals surface area contributed by atoms with E-state index in [9.17, 15) is 4.39 Å². The van der Waals surface area contributed by atoms with Crippen LogP contribution in [0.15, 0.2) is 71.4 Å². The van der Waals surface area contributed by atoms with Crippen LogP contribution in [0.2, 0.25) is 0 Å². The lowest BCUT2D eigenvalue weighted by atomic mass is 9.95. The molecule has 1 aliphatic heterocycles. The van der Waals surface area contributed by atoms with Crippen molar-refractivity contribution >= 4 is 11.3 Å². The Bertz CT molecular complexity index is 863. The highest BCUT2D eigenvalue weighted by molar-refractivity contribution is 7.08. The fourth-order valence-electron chi connectivity index (χ4n) is 4.27. The van der Waals surface area contributed by atoms with Crippen molar-refractivity contribution in [3.8, 4) is 0 Å². The van der Waals surface area contributed by atoms with E-state index < -0.39 is 0 Å². The zero-order chi connectivity index (χ0) is 19.5. The van der Waals surface area contributed by atoms with E-state index in [1.165, 1.54) is 16.7 Å². The number of benzene rings is 2. The number of nitrogens with zero attached hydrogens (tertiary/aromatic N) is 2. The first-order valence-electron chi connectivity index (χ1n) is 9.93. The molecule has 1 aliphatic rings. The Hall–Kier alpha value is -2.01. The van der Waals surface area contributed by atoms with Crippen molar-refractivity contribution < 1.29 is 4.39 Å². The van der Waals surface area contributed by atoms with Gasteiger partial charge < -0.3 is 0 Å². The summed E-state index contributed by atoms with van der Waals surface area (Å²) in [5, 5.41) is 4.45. The second-order valence-electron chi connectivity index (χ2n) is 7.82. The fraction of sp³-hybridized carbons (Fsp3) is 0.333. The first-order chi connectivity index (χ1) is 13.6. The highest BCUT2D eigenvalue weighted by Gasteiger charge is 2.34. The number of piperazine rings is 1. The van der Waals surface area contributed by atoms with Gasteiger partial charge in [-0.25, -0.2) is 4.39 Å². The van der Waals surface area contributed by atoms with Crippen LogP contribution in [-0.2, 0) is 6.54 Å². The molecule has 2 aromatic carbocycles. The molecule has 1 fully saturated rings. The van der Waals surface area contributed by atoms with Gasteiger partial charge in [-0.2, -0.15) is 11.3 Å². The van der Waals surface area contributed by atoms with Crippen LogP contribution in [0, 0.1) is 5.82 Å². The average molecular weight is 395 g/mol. The smallest absolute Gasteiger partial charge is 0.123 e. The van der Waals surface area contributed by atoms with Crippen molar-refractivity contribution in [3.05, 3.63) is 93.9 Å². The Balaban J connectivity index is 1.54. The first-order valence-corrected chi connectivity index (χ1v) is 10.9. The van der Waals surface area contributed by atoms with Crippen molar-refractivity contribution in [2.75, 3.05) is 13.1 Å². The summed E-state index contributed by atoms with van der Waals surface area (Å²) in [6.07, 6.45) is 0. The van der Waals surface area contributed by atoms with E-state index >= 15 is 0 Å². The minimum atomic E-state index is -0.170. The fourth-order valence-corrected chi connectivity index (χ4v) is 4.95. The summed E-state index contributed by atoms with van der Waals surface area (Å²) in [5.41, 5.74) is 3.90. The standard InChI is InChI=1S/C24H27FN2S/c1-18-15-27(19(2)14-26(18)16-20-8-10-23(25)11-9-20)24(22-12-13-28-17-22)21-6-4-3-5-7-21/h3-13,17-19,24H,14-16H2,1-2H3/t18-,19+,24+/m1/s1. The van der Waals surface area contributed by atoms with Crippen molar-refractivity contribution in [3.63, 3.8) is 0 Å². The molecule has 1 saturated heterocycles. The highest BCUT2D eigenvalue weighted by atomic mass is 32.1. The number of halogens is 1. The molecular weight excluding hydrogens is 367 g/mol. The maximum absolute atomic E-state index is 13.2. The largest absolute Gasteiger partial charge is 0.294 e. The monoisotopic (exact) mass is 394 g/mol. The van der Waals surface area contributed by atoms with Crippen molar-refractivity contribution in [1.82, 2.24) is 9.80 Å². The summed E-state index contributed by atoms with van der Waals surface area (Å²) in [7, 11) is 0. The van der Waals surface area contributed by atoms with E-state index in [0.29, 0.717) is 12.1 Å². The van der Waals surface area contributed by atoms with E-state index in [4.69, 9.17) is 0 Å². The average Bonchev–Trinajstić information content (AvgIpc) is 3.23. The molecule has 1 aromatic heterocycles. The van der Waals surface area contributed by atoms with Crippen LogP contribution in [-0.4, -0.2) is 35.0 Å². The molecule has 146 valence electrons. The van der Waals surface area contributed by atoms with Gasteiger partial charge in [0.05, 0.1) is 6.04 Å². The molecule has 0 spiro atoms. The lowest BCUT2D eigenvalue weighted by Crippen LogP contribution is -2.56. The van der Waals surface area contributed by atoms with Gasteiger partial charge in [-0.05, 0) is 59.5 Å². The normalized spacial score (nSPS) is 22.2. The van der Waals surface area contributed by atoms with Crippen molar-refractivity contribution in [2.45, 2.75) is 38.5 Å². The molecule has 3 atom stereocenters. The molecule has 2 nitrogen and oxygen atoms in total. The molecule has 0 radical (unpaired) electrons. The topological polar surface area (TPSA) is 6.48 Å². The van der Waals surface area contributed by atoms with Crippen LogP contribution in [0.4, 0.5) is 4.39 Å². The Morgan fingerprint density at radius 1 is 0.929 bits per heavy atom. The Kier molecular flexibility index (Phi) is 5.90. The number of hydrogen-bond acceptors (Lipinski definition) is 3. The van der Waals surface area contributed by atoms with Gasteiger partial charge in [-0.3, -0.25) is 9.80 Å². The van der Waals surface area contributed by atoms with Crippen LogP contribution in [0.1, 0.15) is 36.6 Å². The van der Waals surface area contributed by atoms with Gasteiger partial charge in [0.1, 0.15) is 5.82 Å². The number of hydrogen-bond donors (Lipinski definition) is 0. The summed E-state index contributed by atoms with van der Waals surface area (Å²) in [6.45, 7) is 7.52. The summed E-state index contributed by atoms with van der Waals surface area (Å²) in [4.78, 5) is 5.16. The SMILES string of the molecule is C[C@@H]1CN([C@@H](c2ccccc2)c2ccsc2)[C@@H](C)CN1Cc1ccc(F)cc1. The predicted octanol–water partition coefficient (Wildman–Crippen LogP) is 5.57.